The van der Waals surface area contributed by atoms with Gasteiger partial charge >= 0.3 is 0 Å². The summed E-state index contributed by atoms with van der Waals surface area (Å²) < 4.78 is 0. The van der Waals surface area contributed by atoms with Gasteiger partial charge in [0, 0.05) is 22.3 Å². The zero-order valence-corrected chi connectivity index (χ0v) is 23.1. The molecule has 44 heavy (non-hydrogen) atoms. The number of ketones is 5. The molecule has 0 heterocycles. The Morgan fingerprint density at radius 2 is 0.864 bits per heavy atom. The van der Waals surface area contributed by atoms with E-state index in [1.165, 1.54) is 72.8 Å². The van der Waals surface area contributed by atoms with E-state index in [4.69, 9.17) is 0 Å². The number of aliphatic hydroxyl groups excluding tert-OH is 2. The van der Waals surface area contributed by atoms with Crippen LogP contribution in [0.15, 0.2) is 121 Å². The molecule has 0 aliphatic heterocycles. The van der Waals surface area contributed by atoms with Crippen LogP contribution in [0.25, 0.3) is 0 Å². The fourth-order valence-electron chi connectivity index (χ4n) is 5.03. The van der Waals surface area contributed by atoms with Crippen LogP contribution in [0.4, 0.5) is 0 Å². The van der Waals surface area contributed by atoms with Crippen LogP contribution in [0.2, 0.25) is 0 Å². The van der Waals surface area contributed by atoms with Crippen LogP contribution < -0.4 is 0 Å². The summed E-state index contributed by atoms with van der Waals surface area (Å²) >= 11 is 0. The molecule has 10 heteroatoms. The Hall–Kier alpha value is -4.97. The van der Waals surface area contributed by atoms with Gasteiger partial charge in [-0.05, 0) is 0 Å². The Morgan fingerprint density at radius 1 is 0.523 bits per heavy atom. The van der Waals surface area contributed by atoms with E-state index in [-0.39, 0.29) is 5.56 Å². The van der Waals surface area contributed by atoms with Crippen molar-refractivity contribution in [2.45, 2.75) is 22.9 Å². The fraction of sp³-hybridized carbons (Fsp3) is 0.147. The second kappa shape index (κ2) is 12.7. The fourth-order valence-corrected chi connectivity index (χ4v) is 5.03. The van der Waals surface area contributed by atoms with E-state index in [0.717, 1.165) is 48.5 Å². The molecule has 0 bridgehead atoms. The van der Waals surface area contributed by atoms with Gasteiger partial charge in [-0.2, -0.15) is 0 Å². The minimum Gasteiger partial charge on any atom is -0.394 e. The van der Waals surface area contributed by atoms with E-state index in [0.29, 0.717) is 0 Å². The van der Waals surface area contributed by atoms with Crippen LogP contribution in [-0.2, 0) is 4.79 Å². The number of carbonyl (C=O) groups is 5. The largest absolute Gasteiger partial charge is 0.394 e. The Labute approximate surface area is 251 Å². The molecular weight excluding hydrogens is 568 g/mol. The molecule has 0 saturated carbocycles. The lowest BCUT2D eigenvalue weighted by Crippen LogP contribution is -2.82. The molecule has 224 valence electrons. The number of hydrogen-bond acceptors (Lipinski definition) is 10. The third-order valence-corrected chi connectivity index (χ3v) is 7.41. The van der Waals surface area contributed by atoms with Crippen molar-refractivity contribution in [2.24, 2.45) is 0 Å². The van der Waals surface area contributed by atoms with Crippen molar-refractivity contribution in [3.05, 3.63) is 144 Å². The first-order valence-corrected chi connectivity index (χ1v) is 13.4. The highest BCUT2D eigenvalue weighted by Gasteiger charge is 2.77. The first-order valence-electron chi connectivity index (χ1n) is 13.4. The Morgan fingerprint density at radius 3 is 1.25 bits per heavy atom. The topological polar surface area (TPSA) is 186 Å². The van der Waals surface area contributed by atoms with E-state index in [2.05, 4.69) is 0 Å². The van der Waals surface area contributed by atoms with Gasteiger partial charge in [0.15, 0.2) is 5.60 Å². The number of Topliss-reactive ketones (excluding diaryl/α,β-unsaturated/α-hetero) is 5. The molecule has 0 aliphatic rings. The Balaban J connectivity index is 2.15. The van der Waals surface area contributed by atoms with Crippen molar-refractivity contribution in [1.29, 1.82) is 0 Å². The van der Waals surface area contributed by atoms with Crippen LogP contribution in [0, 0.1) is 0 Å². The first-order chi connectivity index (χ1) is 21.0. The predicted octanol–water partition coefficient (Wildman–Crippen LogP) is 1.63. The van der Waals surface area contributed by atoms with Gasteiger partial charge in [-0.1, -0.05) is 121 Å². The second-order valence-corrected chi connectivity index (χ2v) is 10.00. The molecule has 0 spiro atoms. The van der Waals surface area contributed by atoms with Crippen molar-refractivity contribution >= 4 is 28.9 Å². The molecule has 0 saturated heterocycles. The van der Waals surface area contributed by atoms with Gasteiger partial charge in [0.25, 0.3) is 0 Å². The van der Waals surface area contributed by atoms with Crippen molar-refractivity contribution in [3.63, 3.8) is 0 Å². The number of carbonyl (C=O) groups excluding carboxylic acids is 5. The normalized spacial score (nSPS) is 15.9. The summed E-state index contributed by atoms with van der Waals surface area (Å²) in [4.78, 5) is 70.4. The number of rotatable bonds is 13. The standard InChI is InChI=1S/C34H28O10/c35-21-26(36)32(42,28(38)23-15-7-2-8-16-23)34(44,30(40)25-19-11-4-12-20-25)33(43,29(39)24-17-9-3-10-18-24)31(41)27(37)22-13-5-1-6-14-22/h1-20,26,35-36,42-44H,21H2/t26-,32-,33+,34+/m1/s1. The average molecular weight is 597 g/mol. The SMILES string of the molecule is O=C(C(=O)[C@@](O)(C(=O)c1ccccc1)[C@](O)(C(=O)c1ccccc1)[C@](O)(C(=O)c1ccccc1)[C@H](O)CO)c1ccccc1. The average Bonchev–Trinajstić information content (AvgIpc) is 3.09. The van der Waals surface area contributed by atoms with Crippen molar-refractivity contribution in [1.82, 2.24) is 0 Å². The van der Waals surface area contributed by atoms with E-state index >= 15 is 0 Å². The highest BCUT2D eigenvalue weighted by Crippen LogP contribution is 2.43. The first kappa shape index (κ1) is 32.0. The summed E-state index contributed by atoms with van der Waals surface area (Å²) in [5.74, 6) is -8.83. The van der Waals surface area contributed by atoms with E-state index in [1.807, 2.05) is 0 Å². The van der Waals surface area contributed by atoms with Gasteiger partial charge in [0.1, 0.15) is 6.10 Å². The molecule has 4 atom stereocenters. The van der Waals surface area contributed by atoms with Crippen LogP contribution in [0.3, 0.4) is 0 Å². The molecule has 10 nitrogen and oxygen atoms in total. The van der Waals surface area contributed by atoms with Gasteiger partial charge in [-0.3, -0.25) is 24.0 Å². The number of aliphatic hydroxyl groups is 5. The number of hydrogen-bond donors (Lipinski definition) is 5. The lowest BCUT2D eigenvalue weighted by Gasteiger charge is -2.49. The van der Waals surface area contributed by atoms with Gasteiger partial charge in [0.05, 0.1) is 6.61 Å². The summed E-state index contributed by atoms with van der Waals surface area (Å²) in [7, 11) is 0. The molecule has 0 aliphatic carbocycles. The molecule has 5 N–H and O–H groups in total. The quantitative estimate of drug-likeness (QED) is 0.0863. The molecular formula is C34H28O10. The van der Waals surface area contributed by atoms with Gasteiger partial charge in [0.2, 0.25) is 40.1 Å². The Bertz CT molecular complexity index is 1670. The van der Waals surface area contributed by atoms with Crippen LogP contribution in [-0.4, -0.2) is 84.0 Å². The zero-order valence-electron chi connectivity index (χ0n) is 23.1. The lowest BCUT2D eigenvalue weighted by atomic mass is 9.58. The molecule has 0 fully saturated rings. The summed E-state index contributed by atoms with van der Waals surface area (Å²) in [6.07, 6.45) is -2.79. The van der Waals surface area contributed by atoms with Crippen molar-refractivity contribution in [2.75, 3.05) is 6.61 Å². The highest BCUT2D eigenvalue weighted by atomic mass is 16.4. The summed E-state index contributed by atoms with van der Waals surface area (Å²) in [5, 5.41) is 58.2. The molecule has 0 radical (unpaired) electrons. The molecule has 0 unspecified atom stereocenters. The van der Waals surface area contributed by atoms with E-state index in [1.54, 1.807) is 0 Å². The van der Waals surface area contributed by atoms with Gasteiger partial charge < -0.3 is 25.5 Å². The summed E-state index contributed by atoms with van der Waals surface area (Å²) in [6, 6.07) is 25.5. The van der Waals surface area contributed by atoms with Crippen LogP contribution >= 0.6 is 0 Å². The predicted molar refractivity (Wildman–Crippen MR) is 156 cm³/mol. The highest BCUT2D eigenvalue weighted by molar-refractivity contribution is 6.52. The molecule has 4 rings (SSSR count). The molecule has 0 amide bonds. The summed E-state index contributed by atoms with van der Waals surface area (Å²) in [5.41, 5.74) is -14.4. The maximum Gasteiger partial charge on any atom is 0.246 e. The zero-order chi connectivity index (χ0) is 32.1. The third kappa shape index (κ3) is 5.11. The van der Waals surface area contributed by atoms with Crippen LogP contribution in [0.5, 0.6) is 0 Å². The minimum absolute atomic E-state index is 0.369. The molecule has 0 aromatic heterocycles. The molecule has 4 aromatic carbocycles. The second-order valence-electron chi connectivity index (χ2n) is 10.00. The smallest absolute Gasteiger partial charge is 0.246 e. The van der Waals surface area contributed by atoms with E-state index < -0.39 is 75.1 Å². The third-order valence-electron chi connectivity index (χ3n) is 7.41. The Kier molecular flexibility index (Phi) is 9.24. The minimum atomic E-state index is -4.33. The maximum absolute atomic E-state index is 14.4. The lowest BCUT2D eigenvalue weighted by molar-refractivity contribution is -0.212. The maximum atomic E-state index is 14.4. The summed E-state index contributed by atoms with van der Waals surface area (Å²) in [6.45, 7) is -1.50. The number of benzene rings is 4. The van der Waals surface area contributed by atoms with Crippen LogP contribution in [0.1, 0.15) is 41.4 Å². The van der Waals surface area contributed by atoms with Gasteiger partial charge in [-0.25, -0.2) is 0 Å². The van der Waals surface area contributed by atoms with Crippen molar-refractivity contribution < 1.29 is 49.5 Å². The van der Waals surface area contributed by atoms with Crippen molar-refractivity contribution in [3.8, 4) is 0 Å². The molecule has 4 aromatic rings. The van der Waals surface area contributed by atoms with Gasteiger partial charge in [-0.15, -0.1) is 0 Å². The van der Waals surface area contributed by atoms with E-state index in [9.17, 15) is 49.5 Å². The monoisotopic (exact) mass is 596 g/mol.